The third-order valence-corrected chi connectivity index (χ3v) is 3.12. The van der Waals surface area contributed by atoms with Crippen LogP contribution in [-0.2, 0) is 0 Å². The van der Waals surface area contributed by atoms with Gasteiger partial charge in [-0.3, -0.25) is 0 Å². The zero-order valence-electron chi connectivity index (χ0n) is 11.4. The van der Waals surface area contributed by atoms with Crippen LogP contribution in [0.25, 0.3) is 6.08 Å². The SMILES string of the molecule is CC(C)Oc1ccc(/C=C/C2CCCCN2)cc1. The molecule has 1 N–H and O–H groups in total. The lowest BCUT2D eigenvalue weighted by Crippen LogP contribution is -2.31. The number of nitrogens with one attached hydrogen (secondary N) is 1. The molecule has 1 atom stereocenters. The Morgan fingerprint density at radius 3 is 2.61 bits per heavy atom. The molecule has 1 heterocycles. The molecule has 0 saturated carbocycles. The van der Waals surface area contributed by atoms with E-state index >= 15 is 0 Å². The lowest BCUT2D eigenvalue weighted by Gasteiger charge is -2.20. The topological polar surface area (TPSA) is 21.3 Å². The van der Waals surface area contributed by atoms with Crippen molar-refractivity contribution in [1.29, 1.82) is 0 Å². The molecule has 0 aliphatic carbocycles. The van der Waals surface area contributed by atoms with Crippen molar-refractivity contribution in [2.75, 3.05) is 6.54 Å². The predicted molar refractivity (Wildman–Crippen MR) is 76.9 cm³/mol. The van der Waals surface area contributed by atoms with Gasteiger partial charge in [0, 0.05) is 6.04 Å². The smallest absolute Gasteiger partial charge is 0.119 e. The molecule has 0 radical (unpaired) electrons. The van der Waals surface area contributed by atoms with Crippen molar-refractivity contribution in [2.24, 2.45) is 0 Å². The van der Waals surface area contributed by atoms with Crippen LogP contribution in [0.2, 0.25) is 0 Å². The van der Waals surface area contributed by atoms with Crippen molar-refractivity contribution in [1.82, 2.24) is 5.32 Å². The number of benzene rings is 1. The minimum absolute atomic E-state index is 0.234. The molecular formula is C16H23NO. The second-order valence-corrected chi connectivity index (χ2v) is 5.15. The van der Waals surface area contributed by atoms with Gasteiger partial charge >= 0.3 is 0 Å². The minimum atomic E-state index is 0.234. The van der Waals surface area contributed by atoms with Gasteiger partial charge < -0.3 is 10.1 Å². The van der Waals surface area contributed by atoms with Crippen molar-refractivity contribution in [2.45, 2.75) is 45.3 Å². The Kier molecular flexibility index (Phi) is 4.82. The van der Waals surface area contributed by atoms with Gasteiger partial charge in [-0.2, -0.15) is 0 Å². The van der Waals surface area contributed by atoms with E-state index in [0.29, 0.717) is 6.04 Å². The van der Waals surface area contributed by atoms with Crippen molar-refractivity contribution in [3.8, 4) is 5.75 Å². The summed E-state index contributed by atoms with van der Waals surface area (Å²) in [5.74, 6) is 0.943. The van der Waals surface area contributed by atoms with Gasteiger partial charge in [0.15, 0.2) is 0 Å². The third kappa shape index (κ3) is 4.19. The normalized spacial score (nSPS) is 20.5. The van der Waals surface area contributed by atoms with Gasteiger partial charge in [-0.25, -0.2) is 0 Å². The van der Waals surface area contributed by atoms with Crippen LogP contribution >= 0.6 is 0 Å². The van der Waals surface area contributed by atoms with E-state index in [2.05, 4.69) is 29.6 Å². The molecule has 1 saturated heterocycles. The summed E-state index contributed by atoms with van der Waals surface area (Å²) in [7, 11) is 0. The molecule has 1 unspecified atom stereocenters. The molecule has 2 rings (SSSR count). The maximum absolute atomic E-state index is 5.63. The molecule has 98 valence electrons. The van der Waals surface area contributed by atoms with Gasteiger partial charge in [-0.05, 0) is 50.9 Å². The van der Waals surface area contributed by atoms with E-state index in [0.717, 1.165) is 12.3 Å². The van der Waals surface area contributed by atoms with Crippen LogP contribution < -0.4 is 10.1 Å². The van der Waals surface area contributed by atoms with Gasteiger partial charge in [0.05, 0.1) is 6.10 Å². The van der Waals surface area contributed by atoms with Crippen LogP contribution in [0.3, 0.4) is 0 Å². The average Bonchev–Trinajstić information content (AvgIpc) is 2.38. The van der Waals surface area contributed by atoms with Crippen LogP contribution in [0.15, 0.2) is 30.3 Å². The maximum atomic E-state index is 5.63. The minimum Gasteiger partial charge on any atom is -0.491 e. The summed E-state index contributed by atoms with van der Waals surface area (Å²) in [5.41, 5.74) is 1.23. The summed E-state index contributed by atoms with van der Waals surface area (Å²) >= 11 is 0. The molecule has 18 heavy (non-hydrogen) atoms. The van der Waals surface area contributed by atoms with Crippen molar-refractivity contribution in [3.63, 3.8) is 0 Å². The quantitative estimate of drug-likeness (QED) is 0.874. The summed E-state index contributed by atoms with van der Waals surface area (Å²) < 4.78 is 5.63. The fourth-order valence-electron chi connectivity index (χ4n) is 2.20. The Balaban J connectivity index is 1.90. The van der Waals surface area contributed by atoms with E-state index in [1.54, 1.807) is 0 Å². The molecule has 1 fully saturated rings. The lowest BCUT2D eigenvalue weighted by molar-refractivity contribution is 0.242. The monoisotopic (exact) mass is 245 g/mol. The molecule has 1 aromatic carbocycles. The first-order valence-electron chi connectivity index (χ1n) is 6.92. The van der Waals surface area contributed by atoms with Crippen molar-refractivity contribution >= 4 is 6.08 Å². The third-order valence-electron chi connectivity index (χ3n) is 3.12. The molecule has 2 nitrogen and oxygen atoms in total. The van der Waals surface area contributed by atoms with Crippen LogP contribution in [-0.4, -0.2) is 18.7 Å². The number of hydrogen-bond acceptors (Lipinski definition) is 2. The van der Waals surface area contributed by atoms with Gasteiger partial charge in [0.1, 0.15) is 5.75 Å². The van der Waals surface area contributed by atoms with Crippen LogP contribution in [0.5, 0.6) is 5.75 Å². The van der Waals surface area contributed by atoms with Gasteiger partial charge in [-0.1, -0.05) is 30.7 Å². The fourth-order valence-corrected chi connectivity index (χ4v) is 2.20. The zero-order valence-corrected chi connectivity index (χ0v) is 11.4. The van der Waals surface area contributed by atoms with E-state index < -0.39 is 0 Å². The van der Waals surface area contributed by atoms with Crippen LogP contribution in [0, 0.1) is 0 Å². The Morgan fingerprint density at radius 2 is 2.00 bits per heavy atom. The van der Waals surface area contributed by atoms with E-state index in [4.69, 9.17) is 4.74 Å². The standard InChI is InChI=1S/C16H23NO/c1-13(2)18-16-10-7-14(8-11-16)6-9-15-5-3-4-12-17-15/h6-11,13,15,17H,3-5,12H2,1-2H3/b9-6+. The first-order chi connectivity index (χ1) is 8.74. The molecule has 1 aliphatic heterocycles. The highest BCUT2D eigenvalue weighted by Gasteiger charge is 2.08. The Hall–Kier alpha value is -1.28. The van der Waals surface area contributed by atoms with Gasteiger partial charge in [-0.15, -0.1) is 0 Å². The maximum Gasteiger partial charge on any atom is 0.119 e. The van der Waals surface area contributed by atoms with E-state index in [1.807, 2.05) is 26.0 Å². The summed E-state index contributed by atoms with van der Waals surface area (Å²) in [6.45, 7) is 5.24. The number of rotatable bonds is 4. The molecule has 1 aliphatic rings. The first kappa shape index (κ1) is 13.2. The lowest BCUT2D eigenvalue weighted by atomic mass is 10.0. The Bertz CT molecular complexity index is 375. The second-order valence-electron chi connectivity index (χ2n) is 5.15. The summed E-state index contributed by atoms with van der Waals surface area (Å²) in [6, 6.07) is 8.83. The van der Waals surface area contributed by atoms with Crippen LogP contribution in [0.4, 0.5) is 0 Å². The van der Waals surface area contributed by atoms with E-state index in [1.165, 1.54) is 24.8 Å². The number of piperidine rings is 1. The molecular weight excluding hydrogens is 222 g/mol. The highest BCUT2D eigenvalue weighted by molar-refractivity contribution is 5.51. The Morgan fingerprint density at radius 1 is 1.22 bits per heavy atom. The van der Waals surface area contributed by atoms with E-state index in [9.17, 15) is 0 Å². The van der Waals surface area contributed by atoms with Gasteiger partial charge in [0.25, 0.3) is 0 Å². The predicted octanol–water partition coefficient (Wildman–Crippen LogP) is 3.63. The first-order valence-corrected chi connectivity index (χ1v) is 6.92. The summed E-state index contributed by atoms with van der Waals surface area (Å²) in [6.07, 6.45) is 8.61. The highest BCUT2D eigenvalue weighted by atomic mass is 16.5. The average molecular weight is 245 g/mol. The van der Waals surface area contributed by atoms with Crippen LogP contribution in [0.1, 0.15) is 38.7 Å². The highest BCUT2D eigenvalue weighted by Crippen LogP contribution is 2.16. The molecule has 0 amide bonds. The zero-order chi connectivity index (χ0) is 12.8. The van der Waals surface area contributed by atoms with Crippen molar-refractivity contribution in [3.05, 3.63) is 35.9 Å². The molecule has 1 aromatic rings. The molecule has 0 spiro atoms. The van der Waals surface area contributed by atoms with E-state index in [-0.39, 0.29) is 6.10 Å². The number of ether oxygens (including phenoxy) is 1. The largest absolute Gasteiger partial charge is 0.491 e. The van der Waals surface area contributed by atoms with Gasteiger partial charge in [0.2, 0.25) is 0 Å². The molecule has 0 aromatic heterocycles. The molecule has 0 bridgehead atoms. The van der Waals surface area contributed by atoms with Crippen molar-refractivity contribution < 1.29 is 4.74 Å². The molecule has 2 heteroatoms. The summed E-state index contributed by atoms with van der Waals surface area (Å²) in [5, 5.41) is 3.52. The second kappa shape index (κ2) is 6.60. The Labute approximate surface area is 110 Å². The summed E-state index contributed by atoms with van der Waals surface area (Å²) in [4.78, 5) is 0. The number of hydrogen-bond donors (Lipinski definition) is 1. The fraction of sp³-hybridized carbons (Fsp3) is 0.500.